The highest BCUT2D eigenvalue weighted by Gasteiger charge is 2.41. The zero-order valence-electron chi connectivity index (χ0n) is 6.94. The van der Waals surface area contributed by atoms with Crippen molar-refractivity contribution in [1.82, 2.24) is 4.90 Å². The number of piperidine rings is 1. The van der Waals surface area contributed by atoms with Gasteiger partial charge in [0.2, 0.25) is 0 Å². The Morgan fingerprint density at radius 1 is 1.33 bits per heavy atom. The number of aliphatic hydroxyl groups is 1. The van der Waals surface area contributed by atoms with Crippen LogP contribution in [0.2, 0.25) is 0 Å². The van der Waals surface area contributed by atoms with E-state index < -0.39 is 0 Å². The molecule has 2 aliphatic heterocycles. The summed E-state index contributed by atoms with van der Waals surface area (Å²) < 4.78 is 0. The molecule has 68 valence electrons. The van der Waals surface area contributed by atoms with Crippen molar-refractivity contribution in [1.29, 1.82) is 0 Å². The van der Waals surface area contributed by atoms with Crippen molar-refractivity contribution < 1.29 is 9.90 Å². The molecule has 2 aliphatic rings. The summed E-state index contributed by atoms with van der Waals surface area (Å²) in [5, 5.41) is 9.41. The number of fused-ring (bicyclic) bond motifs is 2. The van der Waals surface area contributed by atoms with E-state index in [1.54, 1.807) is 4.90 Å². The van der Waals surface area contributed by atoms with Crippen LogP contribution in [-0.4, -0.2) is 34.2 Å². The van der Waals surface area contributed by atoms with Gasteiger partial charge in [0.15, 0.2) is 0 Å². The summed E-state index contributed by atoms with van der Waals surface area (Å²) in [7, 11) is 0. The Morgan fingerprint density at radius 2 is 1.83 bits per heavy atom. The Bertz CT molecular complexity index is 193. The highest BCUT2D eigenvalue weighted by Crippen LogP contribution is 2.35. The molecule has 4 nitrogen and oxygen atoms in total. The lowest BCUT2D eigenvalue weighted by Gasteiger charge is -2.35. The predicted molar refractivity (Wildman–Crippen MR) is 43.5 cm³/mol. The normalized spacial score (nSPS) is 40.1. The van der Waals surface area contributed by atoms with Crippen molar-refractivity contribution in [2.45, 2.75) is 43.9 Å². The Hall–Kier alpha value is -0.770. The van der Waals surface area contributed by atoms with Crippen LogP contribution in [0.4, 0.5) is 4.79 Å². The van der Waals surface area contributed by atoms with Crippen molar-refractivity contribution in [2.24, 2.45) is 5.73 Å². The monoisotopic (exact) mass is 170 g/mol. The zero-order valence-corrected chi connectivity index (χ0v) is 6.94. The van der Waals surface area contributed by atoms with Gasteiger partial charge < -0.3 is 15.7 Å². The van der Waals surface area contributed by atoms with Gasteiger partial charge in [-0.25, -0.2) is 4.79 Å². The molecule has 0 spiro atoms. The number of carbonyl (C=O) groups is 1. The number of hydrogen-bond donors (Lipinski definition) is 2. The largest absolute Gasteiger partial charge is 0.393 e. The highest BCUT2D eigenvalue weighted by molar-refractivity contribution is 5.73. The molecular formula is C8H14N2O2. The van der Waals surface area contributed by atoms with E-state index in [9.17, 15) is 9.90 Å². The fourth-order valence-electron chi connectivity index (χ4n) is 2.51. The first-order valence-corrected chi connectivity index (χ1v) is 4.44. The summed E-state index contributed by atoms with van der Waals surface area (Å²) >= 11 is 0. The molecule has 0 aromatic rings. The van der Waals surface area contributed by atoms with Gasteiger partial charge in [-0.3, -0.25) is 0 Å². The first-order valence-electron chi connectivity index (χ1n) is 4.44. The Kier molecular flexibility index (Phi) is 1.72. The predicted octanol–water partition coefficient (Wildman–Crippen LogP) is 0.0528. The van der Waals surface area contributed by atoms with Gasteiger partial charge in [-0.05, 0) is 25.7 Å². The number of urea groups is 1. The van der Waals surface area contributed by atoms with Crippen LogP contribution in [0.1, 0.15) is 25.7 Å². The van der Waals surface area contributed by atoms with Crippen LogP contribution in [0.25, 0.3) is 0 Å². The molecular weight excluding hydrogens is 156 g/mol. The van der Waals surface area contributed by atoms with Gasteiger partial charge in [0.05, 0.1) is 6.10 Å². The summed E-state index contributed by atoms with van der Waals surface area (Å²) in [5.74, 6) is 0. The zero-order chi connectivity index (χ0) is 8.72. The summed E-state index contributed by atoms with van der Waals surface area (Å²) in [6.45, 7) is 0. The number of aliphatic hydroxyl groups excluding tert-OH is 1. The van der Waals surface area contributed by atoms with E-state index in [0.29, 0.717) is 12.8 Å². The quantitative estimate of drug-likeness (QED) is 0.539. The molecule has 0 aromatic heterocycles. The Morgan fingerprint density at radius 3 is 2.25 bits per heavy atom. The number of nitrogens with two attached hydrogens (primary N) is 1. The third-order valence-corrected chi connectivity index (χ3v) is 2.96. The second-order valence-corrected chi connectivity index (χ2v) is 3.76. The lowest BCUT2D eigenvalue weighted by atomic mass is 10.0. The van der Waals surface area contributed by atoms with Crippen LogP contribution in [0.3, 0.4) is 0 Å². The summed E-state index contributed by atoms with van der Waals surface area (Å²) in [6.07, 6.45) is 3.20. The molecule has 0 saturated carbocycles. The molecule has 2 amide bonds. The standard InChI is InChI=1S/C8H14N2O2/c9-8(12)10-5-1-2-6(10)4-7(11)3-5/h5-7,11H,1-4H2,(H2,9,12). The summed E-state index contributed by atoms with van der Waals surface area (Å²) in [4.78, 5) is 12.7. The molecule has 3 N–H and O–H groups in total. The molecule has 2 rings (SSSR count). The van der Waals surface area contributed by atoms with Gasteiger partial charge in [-0.2, -0.15) is 0 Å². The van der Waals surface area contributed by atoms with E-state index in [4.69, 9.17) is 5.73 Å². The minimum absolute atomic E-state index is 0.205. The van der Waals surface area contributed by atoms with E-state index in [2.05, 4.69) is 0 Å². The summed E-state index contributed by atoms with van der Waals surface area (Å²) in [5.41, 5.74) is 5.24. The van der Waals surface area contributed by atoms with Crippen molar-refractivity contribution in [3.05, 3.63) is 0 Å². The molecule has 0 radical (unpaired) electrons. The molecule has 4 heteroatoms. The van der Waals surface area contributed by atoms with Crippen LogP contribution < -0.4 is 5.73 Å². The van der Waals surface area contributed by atoms with Gasteiger partial charge in [0, 0.05) is 12.1 Å². The van der Waals surface area contributed by atoms with E-state index in [-0.39, 0.29) is 24.2 Å². The number of hydrogen-bond acceptors (Lipinski definition) is 2. The SMILES string of the molecule is NC(=O)N1C2CCC1CC(O)C2. The maximum absolute atomic E-state index is 11.0. The lowest BCUT2D eigenvalue weighted by Crippen LogP contribution is -2.50. The first kappa shape index (κ1) is 7.86. The third kappa shape index (κ3) is 1.06. The topological polar surface area (TPSA) is 66.6 Å². The number of rotatable bonds is 0. The molecule has 2 saturated heterocycles. The highest BCUT2D eigenvalue weighted by atomic mass is 16.3. The van der Waals surface area contributed by atoms with Crippen molar-refractivity contribution >= 4 is 6.03 Å². The molecule has 12 heavy (non-hydrogen) atoms. The molecule has 0 aliphatic carbocycles. The van der Waals surface area contributed by atoms with Crippen LogP contribution in [0.5, 0.6) is 0 Å². The minimum Gasteiger partial charge on any atom is -0.393 e. The van der Waals surface area contributed by atoms with E-state index >= 15 is 0 Å². The molecule has 2 heterocycles. The number of amides is 2. The third-order valence-electron chi connectivity index (χ3n) is 2.96. The first-order chi connectivity index (χ1) is 5.68. The lowest BCUT2D eigenvalue weighted by molar-refractivity contribution is 0.0568. The van der Waals surface area contributed by atoms with Gasteiger partial charge in [-0.15, -0.1) is 0 Å². The maximum Gasteiger partial charge on any atom is 0.315 e. The maximum atomic E-state index is 11.0. The average Bonchev–Trinajstić information content (AvgIpc) is 2.24. The van der Waals surface area contributed by atoms with E-state index in [1.165, 1.54) is 0 Å². The smallest absolute Gasteiger partial charge is 0.315 e. The second-order valence-electron chi connectivity index (χ2n) is 3.76. The van der Waals surface area contributed by atoms with Crippen molar-refractivity contribution in [2.75, 3.05) is 0 Å². The van der Waals surface area contributed by atoms with Crippen LogP contribution in [0, 0.1) is 0 Å². The fourth-order valence-corrected chi connectivity index (χ4v) is 2.51. The average molecular weight is 170 g/mol. The van der Waals surface area contributed by atoms with Crippen LogP contribution in [-0.2, 0) is 0 Å². The van der Waals surface area contributed by atoms with Crippen molar-refractivity contribution in [3.8, 4) is 0 Å². The molecule has 2 fully saturated rings. The molecule has 2 atom stereocenters. The summed E-state index contributed by atoms with van der Waals surface area (Å²) in [6, 6.07) is 0.0851. The Labute approximate surface area is 71.3 Å². The van der Waals surface area contributed by atoms with Crippen LogP contribution in [0.15, 0.2) is 0 Å². The van der Waals surface area contributed by atoms with E-state index in [1.807, 2.05) is 0 Å². The van der Waals surface area contributed by atoms with Gasteiger partial charge in [-0.1, -0.05) is 0 Å². The fraction of sp³-hybridized carbons (Fsp3) is 0.875. The van der Waals surface area contributed by atoms with E-state index in [0.717, 1.165) is 12.8 Å². The second kappa shape index (κ2) is 2.62. The number of primary amides is 1. The molecule has 2 unspecified atom stereocenters. The van der Waals surface area contributed by atoms with Crippen molar-refractivity contribution in [3.63, 3.8) is 0 Å². The number of carbonyl (C=O) groups excluding carboxylic acids is 1. The van der Waals surface area contributed by atoms with Crippen LogP contribution >= 0.6 is 0 Å². The minimum atomic E-state index is -0.325. The Balaban J connectivity index is 2.14. The van der Waals surface area contributed by atoms with Gasteiger partial charge in [0.25, 0.3) is 0 Å². The molecule has 0 aromatic carbocycles. The van der Waals surface area contributed by atoms with Gasteiger partial charge in [0.1, 0.15) is 0 Å². The van der Waals surface area contributed by atoms with Gasteiger partial charge >= 0.3 is 6.03 Å². The molecule has 2 bridgehead atoms. The number of nitrogens with zero attached hydrogens (tertiary/aromatic N) is 1.